The Hall–Kier alpha value is -2.42. The number of hydrogen-bond donors (Lipinski definition) is 1. The number of nitrogens with one attached hydrogen (secondary N) is 1. The van der Waals surface area contributed by atoms with Crippen molar-refractivity contribution in [3.8, 4) is 23.3 Å². The van der Waals surface area contributed by atoms with Crippen LogP contribution in [0.5, 0.6) is 17.2 Å². The quantitative estimate of drug-likeness (QED) is 0.849. The molecule has 1 aromatic rings. The second kappa shape index (κ2) is 7.11. The fourth-order valence-electron chi connectivity index (χ4n) is 1.55. The van der Waals surface area contributed by atoms with Crippen molar-refractivity contribution in [2.24, 2.45) is 0 Å². The van der Waals surface area contributed by atoms with Crippen molar-refractivity contribution in [3.05, 3.63) is 12.1 Å². The highest BCUT2D eigenvalue weighted by Crippen LogP contribution is 2.39. The number of carbonyl (C=O) groups is 1. The summed E-state index contributed by atoms with van der Waals surface area (Å²) in [5.41, 5.74) is 0.525. The van der Waals surface area contributed by atoms with Gasteiger partial charge in [0, 0.05) is 30.7 Å². The zero-order valence-electron chi connectivity index (χ0n) is 11.1. The summed E-state index contributed by atoms with van der Waals surface area (Å²) >= 11 is 0. The van der Waals surface area contributed by atoms with E-state index < -0.39 is 0 Å². The van der Waals surface area contributed by atoms with Gasteiger partial charge >= 0.3 is 0 Å². The Bertz CT molecular complexity index is 469. The van der Waals surface area contributed by atoms with Gasteiger partial charge < -0.3 is 19.5 Å². The van der Waals surface area contributed by atoms with Crippen molar-refractivity contribution in [2.45, 2.75) is 12.8 Å². The number of ether oxygens (including phenoxy) is 3. The van der Waals surface area contributed by atoms with E-state index in [0.29, 0.717) is 22.9 Å². The third-order valence-corrected chi connectivity index (χ3v) is 2.41. The van der Waals surface area contributed by atoms with Gasteiger partial charge in [-0.3, -0.25) is 4.79 Å². The molecule has 0 aromatic heterocycles. The number of benzene rings is 1. The molecule has 6 heteroatoms. The fourth-order valence-corrected chi connectivity index (χ4v) is 1.55. The molecule has 19 heavy (non-hydrogen) atoms. The molecule has 0 bridgehead atoms. The van der Waals surface area contributed by atoms with Crippen LogP contribution in [0.25, 0.3) is 0 Å². The van der Waals surface area contributed by atoms with Crippen LogP contribution >= 0.6 is 0 Å². The van der Waals surface area contributed by atoms with E-state index in [4.69, 9.17) is 19.5 Å². The van der Waals surface area contributed by atoms with Crippen LogP contribution in [0.1, 0.15) is 12.8 Å². The first-order valence-corrected chi connectivity index (χ1v) is 5.63. The number of anilines is 1. The number of nitriles is 1. The fraction of sp³-hybridized carbons (Fsp3) is 0.385. The van der Waals surface area contributed by atoms with Crippen LogP contribution in [-0.2, 0) is 4.79 Å². The van der Waals surface area contributed by atoms with Crippen LogP contribution in [0.4, 0.5) is 5.69 Å². The van der Waals surface area contributed by atoms with Crippen LogP contribution in [-0.4, -0.2) is 27.2 Å². The molecule has 102 valence electrons. The number of nitrogens with zero attached hydrogens (tertiary/aromatic N) is 1. The molecule has 0 heterocycles. The summed E-state index contributed by atoms with van der Waals surface area (Å²) in [6, 6.07) is 5.18. The predicted octanol–water partition coefficient (Wildman–Crippen LogP) is 1.95. The molecule has 0 saturated carbocycles. The average Bonchev–Trinajstić information content (AvgIpc) is 2.43. The Morgan fingerprint density at radius 1 is 1.21 bits per heavy atom. The molecule has 0 spiro atoms. The first-order valence-electron chi connectivity index (χ1n) is 5.63. The molecule has 0 unspecified atom stereocenters. The summed E-state index contributed by atoms with van der Waals surface area (Å²) in [7, 11) is 4.50. The van der Waals surface area contributed by atoms with Crippen LogP contribution in [0.15, 0.2) is 12.1 Å². The SMILES string of the molecule is COc1cc(NC(=O)CCC#N)cc(OC)c1OC. The number of methoxy groups -OCH3 is 3. The zero-order chi connectivity index (χ0) is 14.3. The highest BCUT2D eigenvalue weighted by Gasteiger charge is 2.14. The van der Waals surface area contributed by atoms with Crippen LogP contribution in [0.2, 0.25) is 0 Å². The van der Waals surface area contributed by atoms with E-state index in [2.05, 4.69) is 5.32 Å². The van der Waals surface area contributed by atoms with Gasteiger partial charge in [0.1, 0.15) is 0 Å². The van der Waals surface area contributed by atoms with Gasteiger partial charge in [-0.25, -0.2) is 0 Å². The first-order chi connectivity index (χ1) is 9.15. The smallest absolute Gasteiger partial charge is 0.225 e. The predicted molar refractivity (Wildman–Crippen MR) is 69.6 cm³/mol. The lowest BCUT2D eigenvalue weighted by Crippen LogP contribution is -2.11. The highest BCUT2D eigenvalue weighted by molar-refractivity contribution is 5.91. The van der Waals surface area contributed by atoms with Crippen LogP contribution in [0.3, 0.4) is 0 Å². The number of rotatable bonds is 6. The Morgan fingerprint density at radius 3 is 2.21 bits per heavy atom. The first kappa shape index (κ1) is 14.6. The van der Waals surface area contributed by atoms with Gasteiger partial charge in [0.05, 0.1) is 27.4 Å². The van der Waals surface area contributed by atoms with Gasteiger partial charge in [-0.1, -0.05) is 0 Å². The van der Waals surface area contributed by atoms with E-state index in [9.17, 15) is 4.79 Å². The topological polar surface area (TPSA) is 80.6 Å². The largest absolute Gasteiger partial charge is 0.493 e. The minimum Gasteiger partial charge on any atom is -0.493 e. The molecular weight excluding hydrogens is 248 g/mol. The van der Waals surface area contributed by atoms with E-state index in [1.165, 1.54) is 21.3 Å². The molecule has 0 aliphatic heterocycles. The normalized spacial score (nSPS) is 9.37. The molecule has 1 aromatic carbocycles. The zero-order valence-corrected chi connectivity index (χ0v) is 11.1. The molecule has 1 rings (SSSR count). The Morgan fingerprint density at radius 2 is 1.79 bits per heavy atom. The summed E-state index contributed by atoms with van der Waals surface area (Å²) in [6.07, 6.45) is 0.323. The molecule has 0 radical (unpaired) electrons. The van der Waals surface area contributed by atoms with Crippen molar-refractivity contribution >= 4 is 11.6 Å². The lowest BCUT2D eigenvalue weighted by Gasteiger charge is -2.14. The van der Waals surface area contributed by atoms with Crippen LogP contribution in [0, 0.1) is 11.3 Å². The maximum Gasteiger partial charge on any atom is 0.225 e. The van der Waals surface area contributed by atoms with Gasteiger partial charge in [0.25, 0.3) is 0 Å². The Labute approximate surface area is 111 Å². The summed E-state index contributed by atoms with van der Waals surface area (Å²) in [4.78, 5) is 11.5. The number of carbonyl (C=O) groups excluding carboxylic acids is 1. The van der Waals surface area contributed by atoms with Gasteiger partial charge in [0.2, 0.25) is 11.7 Å². The molecule has 1 N–H and O–H groups in total. The monoisotopic (exact) mass is 264 g/mol. The standard InChI is InChI=1S/C13H16N2O4/c1-17-10-7-9(15-12(16)5-4-6-14)8-11(18-2)13(10)19-3/h7-8H,4-5H2,1-3H3,(H,15,16). The highest BCUT2D eigenvalue weighted by atomic mass is 16.5. The number of hydrogen-bond acceptors (Lipinski definition) is 5. The summed E-state index contributed by atoms with van der Waals surface area (Å²) in [5.74, 6) is 1.13. The third-order valence-electron chi connectivity index (χ3n) is 2.41. The van der Waals surface area contributed by atoms with E-state index >= 15 is 0 Å². The van der Waals surface area contributed by atoms with Gasteiger partial charge in [-0.15, -0.1) is 0 Å². The molecule has 0 saturated heterocycles. The Kier molecular flexibility index (Phi) is 5.48. The minimum atomic E-state index is -0.240. The van der Waals surface area contributed by atoms with Crippen LogP contribution < -0.4 is 19.5 Å². The number of amides is 1. The minimum absolute atomic E-state index is 0.146. The summed E-state index contributed by atoms with van der Waals surface area (Å²) < 4.78 is 15.5. The molecule has 1 amide bonds. The van der Waals surface area contributed by atoms with Crippen molar-refractivity contribution in [1.29, 1.82) is 5.26 Å². The molecule has 0 aliphatic carbocycles. The summed E-state index contributed by atoms with van der Waals surface area (Å²) in [6.45, 7) is 0. The van der Waals surface area contributed by atoms with E-state index in [0.717, 1.165) is 0 Å². The molecule has 6 nitrogen and oxygen atoms in total. The molecule has 0 aliphatic rings. The lowest BCUT2D eigenvalue weighted by atomic mass is 10.2. The van der Waals surface area contributed by atoms with Crippen molar-refractivity contribution in [2.75, 3.05) is 26.6 Å². The van der Waals surface area contributed by atoms with Crippen molar-refractivity contribution in [3.63, 3.8) is 0 Å². The van der Waals surface area contributed by atoms with E-state index in [1.807, 2.05) is 6.07 Å². The summed E-state index contributed by atoms with van der Waals surface area (Å²) in [5, 5.41) is 11.1. The second-order valence-electron chi connectivity index (χ2n) is 3.62. The van der Waals surface area contributed by atoms with Gasteiger partial charge in [0.15, 0.2) is 11.5 Å². The lowest BCUT2D eigenvalue weighted by molar-refractivity contribution is -0.116. The van der Waals surface area contributed by atoms with Gasteiger partial charge in [-0.05, 0) is 0 Å². The molecular formula is C13H16N2O4. The molecule has 0 fully saturated rings. The van der Waals surface area contributed by atoms with Gasteiger partial charge in [-0.2, -0.15) is 5.26 Å². The third kappa shape index (κ3) is 3.78. The van der Waals surface area contributed by atoms with Crippen molar-refractivity contribution in [1.82, 2.24) is 0 Å². The molecule has 0 atom stereocenters. The maximum absolute atomic E-state index is 11.5. The average molecular weight is 264 g/mol. The van der Waals surface area contributed by atoms with E-state index in [1.54, 1.807) is 12.1 Å². The second-order valence-corrected chi connectivity index (χ2v) is 3.62. The maximum atomic E-state index is 11.5. The van der Waals surface area contributed by atoms with E-state index in [-0.39, 0.29) is 18.7 Å². The Balaban J connectivity index is 2.97. The van der Waals surface area contributed by atoms with Crippen molar-refractivity contribution < 1.29 is 19.0 Å².